The number of fused-ring (bicyclic) bond motifs is 1. The highest BCUT2D eigenvalue weighted by Gasteiger charge is 2.25. The van der Waals surface area contributed by atoms with Crippen LogP contribution in [0.25, 0.3) is 16.9 Å². The van der Waals surface area contributed by atoms with Gasteiger partial charge in [0.2, 0.25) is 5.91 Å². The molecule has 30 heavy (non-hydrogen) atoms. The first-order valence-corrected chi connectivity index (χ1v) is 10.2. The molecule has 0 N–H and O–H groups in total. The first-order valence-electron chi connectivity index (χ1n) is 10.2. The molecule has 0 aromatic carbocycles. The lowest BCUT2D eigenvalue weighted by Crippen LogP contribution is -2.49. The van der Waals surface area contributed by atoms with Gasteiger partial charge in [-0.25, -0.2) is 9.50 Å². The maximum atomic E-state index is 12.5. The van der Waals surface area contributed by atoms with Crippen molar-refractivity contribution < 1.29 is 9.53 Å². The third-order valence-electron chi connectivity index (χ3n) is 5.27. The second kappa shape index (κ2) is 7.93. The molecule has 0 atom stereocenters. The predicted molar refractivity (Wildman–Crippen MR) is 116 cm³/mol. The standard InChI is InChI=1S/C22H28N6O2/c1-22(2,3)13-21(29)27-11-9-26(10-12-27)20-6-5-19-24-14-17(28(19)25-20)16-7-8-23-15-18(16)30-4/h5-8,14-15H,9-13H2,1-4H3. The summed E-state index contributed by atoms with van der Waals surface area (Å²) >= 11 is 0. The third kappa shape index (κ3) is 4.08. The van der Waals surface area contributed by atoms with E-state index in [0.29, 0.717) is 25.3 Å². The van der Waals surface area contributed by atoms with E-state index in [1.165, 1.54) is 0 Å². The Morgan fingerprint density at radius 3 is 2.57 bits per heavy atom. The average molecular weight is 409 g/mol. The molecular weight excluding hydrogens is 380 g/mol. The topological polar surface area (TPSA) is 75.9 Å². The Labute approximate surface area is 176 Å². The molecule has 4 rings (SSSR count). The smallest absolute Gasteiger partial charge is 0.223 e. The van der Waals surface area contributed by atoms with Crippen molar-refractivity contribution >= 4 is 17.4 Å². The van der Waals surface area contributed by atoms with Gasteiger partial charge in [-0.2, -0.15) is 0 Å². The number of pyridine rings is 1. The second-order valence-electron chi connectivity index (χ2n) is 8.79. The van der Waals surface area contributed by atoms with E-state index in [-0.39, 0.29) is 11.3 Å². The van der Waals surface area contributed by atoms with Crippen molar-refractivity contribution in [2.24, 2.45) is 5.41 Å². The van der Waals surface area contributed by atoms with Crippen LogP contribution in [0.15, 0.2) is 36.8 Å². The Bertz CT molecular complexity index is 1050. The summed E-state index contributed by atoms with van der Waals surface area (Å²) in [6.45, 7) is 9.24. The van der Waals surface area contributed by atoms with Gasteiger partial charge in [-0.3, -0.25) is 9.78 Å². The van der Waals surface area contributed by atoms with Gasteiger partial charge in [0.1, 0.15) is 11.6 Å². The molecule has 8 nitrogen and oxygen atoms in total. The largest absolute Gasteiger partial charge is 0.494 e. The fraction of sp³-hybridized carbons (Fsp3) is 0.455. The second-order valence-corrected chi connectivity index (χ2v) is 8.79. The number of nitrogens with zero attached hydrogens (tertiary/aromatic N) is 6. The number of amides is 1. The van der Waals surface area contributed by atoms with E-state index in [9.17, 15) is 4.79 Å². The Kier molecular flexibility index (Phi) is 5.32. The molecule has 4 heterocycles. The van der Waals surface area contributed by atoms with Crippen molar-refractivity contribution in [2.45, 2.75) is 27.2 Å². The number of imidazole rings is 1. The minimum absolute atomic E-state index is 0.00660. The van der Waals surface area contributed by atoms with Crippen molar-refractivity contribution in [2.75, 3.05) is 38.2 Å². The number of hydrogen-bond donors (Lipinski definition) is 0. The van der Waals surface area contributed by atoms with E-state index in [1.54, 1.807) is 25.7 Å². The molecule has 0 unspecified atom stereocenters. The summed E-state index contributed by atoms with van der Waals surface area (Å²) in [5.41, 5.74) is 2.52. The minimum atomic E-state index is 0.00660. The fourth-order valence-corrected chi connectivity index (χ4v) is 3.72. The summed E-state index contributed by atoms with van der Waals surface area (Å²) in [6.07, 6.45) is 5.79. The quantitative estimate of drug-likeness (QED) is 0.661. The van der Waals surface area contributed by atoms with Crippen LogP contribution in [0, 0.1) is 5.41 Å². The highest BCUT2D eigenvalue weighted by Crippen LogP contribution is 2.29. The number of carbonyl (C=O) groups excluding carboxylic acids is 1. The van der Waals surface area contributed by atoms with Crippen molar-refractivity contribution in [3.63, 3.8) is 0 Å². The molecule has 158 valence electrons. The van der Waals surface area contributed by atoms with Crippen LogP contribution in [0.1, 0.15) is 27.2 Å². The van der Waals surface area contributed by atoms with E-state index >= 15 is 0 Å². The van der Waals surface area contributed by atoms with E-state index in [2.05, 4.69) is 35.6 Å². The number of piperazine rings is 1. The van der Waals surface area contributed by atoms with Gasteiger partial charge >= 0.3 is 0 Å². The number of hydrogen-bond acceptors (Lipinski definition) is 6. The van der Waals surface area contributed by atoms with Crippen LogP contribution in [0.5, 0.6) is 5.75 Å². The van der Waals surface area contributed by atoms with Gasteiger partial charge in [0, 0.05) is 44.4 Å². The lowest BCUT2D eigenvalue weighted by molar-refractivity contribution is -0.133. The van der Waals surface area contributed by atoms with Gasteiger partial charge in [0.05, 0.1) is 25.2 Å². The molecular formula is C22H28N6O2. The summed E-state index contributed by atoms with van der Waals surface area (Å²) in [5.74, 6) is 1.78. The summed E-state index contributed by atoms with van der Waals surface area (Å²) in [6, 6.07) is 5.86. The van der Waals surface area contributed by atoms with Gasteiger partial charge in [-0.1, -0.05) is 20.8 Å². The molecule has 0 saturated carbocycles. The SMILES string of the molecule is COc1cnccc1-c1cnc2ccc(N3CCN(C(=O)CC(C)(C)C)CC3)nn12. The maximum absolute atomic E-state index is 12.5. The third-order valence-corrected chi connectivity index (χ3v) is 5.27. The van der Waals surface area contributed by atoms with Crippen molar-refractivity contribution in [1.29, 1.82) is 0 Å². The summed E-state index contributed by atoms with van der Waals surface area (Å²) in [4.78, 5) is 25.3. The number of anilines is 1. The zero-order valence-corrected chi connectivity index (χ0v) is 18.0. The number of methoxy groups -OCH3 is 1. The maximum Gasteiger partial charge on any atom is 0.223 e. The molecule has 1 aliphatic rings. The van der Waals surface area contributed by atoms with Crippen LogP contribution < -0.4 is 9.64 Å². The Balaban J connectivity index is 1.54. The number of ether oxygens (including phenoxy) is 1. The van der Waals surface area contributed by atoms with Crippen molar-refractivity contribution in [1.82, 2.24) is 24.5 Å². The van der Waals surface area contributed by atoms with E-state index < -0.39 is 0 Å². The molecule has 8 heteroatoms. The molecule has 1 saturated heterocycles. The van der Waals surface area contributed by atoms with Gasteiger partial charge in [-0.05, 0) is 23.6 Å². The summed E-state index contributed by atoms with van der Waals surface area (Å²) < 4.78 is 7.29. The van der Waals surface area contributed by atoms with Gasteiger partial charge < -0.3 is 14.5 Å². The first kappa shape index (κ1) is 20.1. The van der Waals surface area contributed by atoms with Crippen LogP contribution in [-0.2, 0) is 4.79 Å². The minimum Gasteiger partial charge on any atom is -0.494 e. The molecule has 3 aromatic rings. The highest BCUT2D eigenvalue weighted by molar-refractivity contribution is 5.77. The zero-order chi connectivity index (χ0) is 21.3. The lowest BCUT2D eigenvalue weighted by Gasteiger charge is -2.36. The predicted octanol–water partition coefficient (Wildman–Crippen LogP) is 2.88. The van der Waals surface area contributed by atoms with Crippen LogP contribution in [0.4, 0.5) is 5.82 Å². The van der Waals surface area contributed by atoms with Gasteiger partial charge in [-0.15, -0.1) is 5.10 Å². The van der Waals surface area contributed by atoms with Crippen LogP contribution in [0.3, 0.4) is 0 Å². The first-order chi connectivity index (χ1) is 14.4. The summed E-state index contributed by atoms with van der Waals surface area (Å²) in [5, 5.41) is 4.84. The lowest BCUT2D eigenvalue weighted by atomic mass is 9.91. The monoisotopic (exact) mass is 408 g/mol. The summed E-state index contributed by atoms with van der Waals surface area (Å²) in [7, 11) is 1.63. The molecule has 1 aliphatic heterocycles. The molecule has 1 amide bonds. The van der Waals surface area contributed by atoms with Crippen molar-refractivity contribution in [3.05, 3.63) is 36.8 Å². The zero-order valence-electron chi connectivity index (χ0n) is 18.0. The molecule has 0 aliphatic carbocycles. The molecule has 0 spiro atoms. The Morgan fingerprint density at radius 1 is 1.10 bits per heavy atom. The van der Waals surface area contributed by atoms with Crippen LogP contribution in [-0.4, -0.2) is 63.7 Å². The number of aromatic nitrogens is 4. The molecule has 0 bridgehead atoms. The normalized spacial score (nSPS) is 14.9. The Morgan fingerprint density at radius 2 is 1.87 bits per heavy atom. The average Bonchev–Trinajstić information content (AvgIpc) is 3.15. The van der Waals surface area contributed by atoms with Gasteiger partial charge in [0.15, 0.2) is 5.65 Å². The van der Waals surface area contributed by atoms with Gasteiger partial charge in [0.25, 0.3) is 0 Å². The van der Waals surface area contributed by atoms with E-state index in [0.717, 1.165) is 35.8 Å². The van der Waals surface area contributed by atoms with Crippen LogP contribution in [0.2, 0.25) is 0 Å². The molecule has 3 aromatic heterocycles. The highest BCUT2D eigenvalue weighted by atomic mass is 16.5. The Hall–Kier alpha value is -3.16. The number of carbonyl (C=O) groups is 1. The fourth-order valence-electron chi connectivity index (χ4n) is 3.72. The number of rotatable bonds is 4. The molecule has 1 fully saturated rings. The van der Waals surface area contributed by atoms with E-state index in [4.69, 9.17) is 9.84 Å². The van der Waals surface area contributed by atoms with Crippen molar-refractivity contribution in [3.8, 4) is 17.0 Å². The molecule has 0 radical (unpaired) electrons. The van der Waals surface area contributed by atoms with E-state index in [1.807, 2.05) is 27.6 Å². The van der Waals surface area contributed by atoms with Crippen LogP contribution >= 0.6 is 0 Å².